The molecule has 0 saturated carbocycles. The van der Waals surface area contributed by atoms with Gasteiger partial charge < -0.3 is 5.32 Å². The Labute approximate surface area is 171 Å². The zero-order valence-electron chi connectivity index (χ0n) is 15.4. The van der Waals surface area contributed by atoms with E-state index in [9.17, 15) is 4.79 Å². The van der Waals surface area contributed by atoms with Crippen molar-refractivity contribution in [2.24, 2.45) is 0 Å². The van der Waals surface area contributed by atoms with E-state index in [1.54, 1.807) is 18.0 Å². The molecule has 5 nitrogen and oxygen atoms in total. The Morgan fingerprint density at radius 1 is 1.00 bits per heavy atom. The van der Waals surface area contributed by atoms with E-state index in [2.05, 4.69) is 46.6 Å². The number of nitrogens with zero attached hydrogens (tertiary/aromatic N) is 2. The average Bonchev–Trinajstić information content (AvgIpc) is 3.11. The van der Waals surface area contributed by atoms with E-state index < -0.39 is 0 Å². The van der Waals surface area contributed by atoms with Gasteiger partial charge in [0, 0.05) is 22.2 Å². The number of hydrogen-bond acceptors (Lipinski definition) is 5. The van der Waals surface area contributed by atoms with Crippen LogP contribution in [-0.4, -0.2) is 16.0 Å². The number of thiazole rings is 1. The van der Waals surface area contributed by atoms with Crippen molar-refractivity contribution >= 4 is 50.7 Å². The fraction of sp³-hybridized carbons (Fsp3) is 0.0952. The monoisotopic (exact) mass is 406 g/mol. The maximum atomic E-state index is 12.1. The van der Waals surface area contributed by atoms with Crippen molar-refractivity contribution in [2.45, 2.75) is 23.1 Å². The topological polar surface area (TPSA) is 66.9 Å². The van der Waals surface area contributed by atoms with Gasteiger partial charge in [0.1, 0.15) is 5.00 Å². The third-order valence-corrected chi connectivity index (χ3v) is 6.33. The van der Waals surface area contributed by atoms with Crippen LogP contribution in [0.1, 0.15) is 11.1 Å². The summed E-state index contributed by atoms with van der Waals surface area (Å²) in [7, 11) is 0. The molecule has 0 aliphatic heterocycles. The number of urea groups is 1. The van der Waals surface area contributed by atoms with Gasteiger partial charge in [-0.3, -0.25) is 10.3 Å². The standard InChI is InChI=1S/C21H18N4OS2/c1-13-10-16-17(11-14(13)2)22-9-8-18(16)27-21-23-12-19(28-21)25-20(26)24-15-6-4-3-5-7-15/h3-12H,1-2H3,(H2,24,25,26). The maximum absolute atomic E-state index is 12.1. The molecule has 0 unspecified atom stereocenters. The van der Waals surface area contributed by atoms with Gasteiger partial charge in [-0.15, -0.1) is 0 Å². The number of amides is 2. The first-order valence-electron chi connectivity index (χ1n) is 8.71. The summed E-state index contributed by atoms with van der Waals surface area (Å²) in [4.78, 5) is 22.1. The van der Waals surface area contributed by atoms with Crippen LogP contribution in [0.15, 0.2) is 70.2 Å². The third-order valence-electron chi connectivity index (χ3n) is 4.27. The minimum atomic E-state index is -0.285. The molecule has 2 aromatic heterocycles. The molecule has 140 valence electrons. The molecular weight excluding hydrogens is 388 g/mol. The second kappa shape index (κ2) is 8.00. The number of aryl methyl sites for hydroxylation is 2. The summed E-state index contributed by atoms with van der Waals surface area (Å²) in [6.07, 6.45) is 3.50. The zero-order chi connectivity index (χ0) is 19.5. The molecule has 4 aromatic rings. The SMILES string of the molecule is Cc1cc2nccc(Sc3ncc(NC(=O)Nc4ccccc4)s3)c2cc1C. The normalized spacial score (nSPS) is 10.8. The van der Waals surface area contributed by atoms with Gasteiger partial charge in [-0.2, -0.15) is 0 Å². The smallest absolute Gasteiger partial charge is 0.308 e. The van der Waals surface area contributed by atoms with Crippen LogP contribution in [0.3, 0.4) is 0 Å². The van der Waals surface area contributed by atoms with Crippen molar-refractivity contribution in [2.75, 3.05) is 10.6 Å². The van der Waals surface area contributed by atoms with Crippen LogP contribution in [0.4, 0.5) is 15.5 Å². The molecule has 2 heterocycles. The summed E-state index contributed by atoms with van der Waals surface area (Å²) in [5.74, 6) is 0. The van der Waals surface area contributed by atoms with Crippen LogP contribution in [0.25, 0.3) is 10.9 Å². The number of pyridine rings is 1. The lowest BCUT2D eigenvalue weighted by Crippen LogP contribution is -2.18. The highest BCUT2D eigenvalue weighted by atomic mass is 32.2. The Bertz CT molecular complexity index is 1140. The Kier molecular flexibility index (Phi) is 5.27. The van der Waals surface area contributed by atoms with Crippen LogP contribution >= 0.6 is 23.1 Å². The van der Waals surface area contributed by atoms with E-state index in [0.717, 1.165) is 25.8 Å². The summed E-state index contributed by atoms with van der Waals surface area (Å²) in [6.45, 7) is 4.20. The highest BCUT2D eigenvalue weighted by molar-refractivity contribution is 8.01. The van der Waals surface area contributed by atoms with Crippen molar-refractivity contribution in [1.29, 1.82) is 0 Å². The lowest BCUT2D eigenvalue weighted by molar-refractivity contribution is 0.262. The summed E-state index contributed by atoms with van der Waals surface area (Å²) >= 11 is 3.02. The predicted molar refractivity (Wildman–Crippen MR) is 117 cm³/mol. The fourth-order valence-electron chi connectivity index (χ4n) is 2.72. The highest BCUT2D eigenvalue weighted by Gasteiger charge is 2.11. The number of nitrogens with one attached hydrogen (secondary N) is 2. The first kappa shape index (κ1) is 18.5. The van der Waals surface area contributed by atoms with Gasteiger partial charge in [0.25, 0.3) is 0 Å². The minimum absolute atomic E-state index is 0.285. The molecule has 0 bridgehead atoms. The third kappa shape index (κ3) is 4.16. The number of carbonyl (C=O) groups is 1. The van der Waals surface area contributed by atoms with Crippen molar-refractivity contribution in [1.82, 2.24) is 9.97 Å². The van der Waals surface area contributed by atoms with Crippen molar-refractivity contribution in [3.8, 4) is 0 Å². The van der Waals surface area contributed by atoms with E-state index in [1.165, 1.54) is 22.5 Å². The number of fused-ring (bicyclic) bond motifs is 1. The summed E-state index contributed by atoms with van der Waals surface area (Å²) in [6, 6.07) is 15.3. The minimum Gasteiger partial charge on any atom is -0.308 e. The molecule has 0 aliphatic rings. The zero-order valence-corrected chi connectivity index (χ0v) is 17.0. The molecule has 0 atom stereocenters. The first-order valence-corrected chi connectivity index (χ1v) is 10.3. The molecule has 0 saturated heterocycles. The van der Waals surface area contributed by atoms with Gasteiger partial charge in [0.2, 0.25) is 0 Å². The average molecular weight is 407 g/mol. The Morgan fingerprint density at radius 3 is 2.61 bits per heavy atom. The Hall–Kier alpha value is -2.90. The fourth-order valence-corrected chi connectivity index (χ4v) is 4.67. The maximum Gasteiger partial charge on any atom is 0.324 e. The Morgan fingerprint density at radius 2 is 1.79 bits per heavy atom. The molecule has 4 rings (SSSR count). The molecule has 2 aromatic carbocycles. The second-order valence-corrected chi connectivity index (χ2v) is 8.62. The predicted octanol–water partition coefficient (Wildman–Crippen LogP) is 6.10. The molecule has 2 amide bonds. The molecule has 0 aliphatic carbocycles. The van der Waals surface area contributed by atoms with Gasteiger partial charge in [-0.05, 0) is 55.3 Å². The molecule has 28 heavy (non-hydrogen) atoms. The van der Waals surface area contributed by atoms with Crippen LogP contribution < -0.4 is 10.6 Å². The van der Waals surface area contributed by atoms with E-state index in [0.29, 0.717) is 5.00 Å². The quantitative estimate of drug-likeness (QED) is 0.429. The number of anilines is 2. The largest absolute Gasteiger partial charge is 0.324 e. The molecule has 0 fully saturated rings. The summed E-state index contributed by atoms with van der Waals surface area (Å²) in [5, 5.41) is 7.44. The molecule has 2 N–H and O–H groups in total. The van der Waals surface area contributed by atoms with Crippen molar-refractivity contribution in [3.63, 3.8) is 0 Å². The Balaban J connectivity index is 1.49. The van der Waals surface area contributed by atoms with E-state index in [4.69, 9.17) is 0 Å². The lowest BCUT2D eigenvalue weighted by Gasteiger charge is -2.07. The number of para-hydroxylation sites is 1. The highest BCUT2D eigenvalue weighted by Crippen LogP contribution is 2.37. The molecule has 7 heteroatoms. The van der Waals surface area contributed by atoms with Gasteiger partial charge in [-0.25, -0.2) is 9.78 Å². The van der Waals surface area contributed by atoms with Crippen LogP contribution in [-0.2, 0) is 0 Å². The number of benzene rings is 2. The van der Waals surface area contributed by atoms with Gasteiger partial charge in [0.05, 0.1) is 11.7 Å². The van der Waals surface area contributed by atoms with E-state index in [1.807, 2.05) is 42.6 Å². The molecular formula is C21H18N4OS2. The van der Waals surface area contributed by atoms with Gasteiger partial charge in [0.15, 0.2) is 4.34 Å². The second-order valence-electron chi connectivity index (χ2n) is 6.30. The van der Waals surface area contributed by atoms with Crippen molar-refractivity contribution < 1.29 is 4.79 Å². The summed E-state index contributed by atoms with van der Waals surface area (Å²) in [5.41, 5.74) is 4.19. The van der Waals surface area contributed by atoms with E-state index >= 15 is 0 Å². The van der Waals surface area contributed by atoms with Gasteiger partial charge >= 0.3 is 6.03 Å². The number of aromatic nitrogens is 2. The van der Waals surface area contributed by atoms with Gasteiger partial charge in [-0.1, -0.05) is 41.3 Å². The number of carbonyl (C=O) groups excluding carboxylic acids is 1. The van der Waals surface area contributed by atoms with Crippen LogP contribution in [0.2, 0.25) is 0 Å². The van der Waals surface area contributed by atoms with Crippen LogP contribution in [0, 0.1) is 13.8 Å². The number of hydrogen-bond donors (Lipinski definition) is 2. The summed E-state index contributed by atoms with van der Waals surface area (Å²) < 4.78 is 0.862. The molecule has 0 radical (unpaired) electrons. The molecule has 0 spiro atoms. The first-order chi connectivity index (χ1) is 13.6. The van der Waals surface area contributed by atoms with E-state index in [-0.39, 0.29) is 6.03 Å². The number of rotatable bonds is 4. The van der Waals surface area contributed by atoms with Crippen LogP contribution in [0.5, 0.6) is 0 Å². The lowest BCUT2D eigenvalue weighted by atomic mass is 10.1. The van der Waals surface area contributed by atoms with Crippen molar-refractivity contribution in [3.05, 3.63) is 72.1 Å².